The van der Waals surface area contributed by atoms with Gasteiger partial charge in [-0.2, -0.15) is 5.10 Å². The molecule has 0 N–H and O–H groups in total. The largest absolute Gasteiger partial charge is 0.494 e. The van der Waals surface area contributed by atoms with Crippen LogP contribution < -0.4 is 0 Å². The number of aromatic nitrogens is 2. The van der Waals surface area contributed by atoms with Crippen molar-refractivity contribution in [3.05, 3.63) is 42.2 Å². The Morgan fingerprint density at radius 2 is 2.05 bits per heavy atom. The topological polar surface area (TPSA) is 52.8 Å². The van der Waals surface area contributed by atoms with Crippen LogP contribution in [0, 0.1) is 0 Å². The van der Waals surface area contributed by atoms with Crippen LogP contribution in [0.3, 0.4) is 0 Å². The van der Waals surface area contributed by atoms with Crippen molar-refractivity contribution in [2.45, 2.75) is 13.8 Å². The molecule has 2 heterocycles. The summed E-state index contributed by atoms with van der Waals surface area (Å²) in [6.07, 6.45) is 3.27. The van der Waals surface area contributed by atoms with E-state index in [1.54, 1.807) is 23.7 Å². The molecule has 0 spiro atoms. The molecule has 0 amide bonds. The Balaban J connectivity index is 2.36. The monoisotopic (exact) mass is 260 g/mol. The Bertz CT molecular complexity index is 616. The molecule has 2 rings (SSSR count). The molecule has 100 valence electrons. The first kappa shape index (κ1) is 13.1. The number of carbonyl (C=O) groups is 1. The van der Waals surface area contributed by atoms with E-state index in [-0.39, 0.29) is 5.97 Å². The first-order chi connectivity index (χ1) is 9.17. The van der Waals surface area contributed by atoms with E-state index in [4.69, 9.17) is 9.47 Å². The van der Waals surface area contributed by atoms with Crippen LogP contribution in [0.1, 0.15) is 29.8 Å². The zero-order valence-corrected chi connectivity index (χ0v) is 11.0. The molecule has 0 radical (unpaired) electrons. The molecule has 0 saturated carbocycles. The Labute approximate surface area is 111 Å². The van der Waals surface area contributed by atoms with Crippen LogP contribution in [-0.4, -0.2) is 28.8 Å². The summed E-state index contributed by atoms with van der Waals surface area (Å²) in [5, 5.41) is 4.14. The van der Waals surface area contributed by atoms with Crippen LogP contribution >= 0.6 is 0 Å². The lowest BCUT2D eigenvalue weighted by Gasteiger charge is -2.07. The molecule has 0 atom stereocenters. The number of hydrogen-bond donors (Lipinski definition) is 0. The second-order valence-electron chi connectivity index (χ2n) is 3.88. The third-order valence-electron chi connectivity index (χ3n) is 2.65. The molecule has 0 aliphatic heterocycles. The second kappa shape index (κ2) is 5.56. The van der Waals surface area contributed by atoms with E-state index in [0.717, 1.165) is 5.56 Å². The van der Waals surface area contributed by atoms with Crippen molar-refractivity contribution in [3.8, 4) is 0 Å². The van der Waals surface area contributed by atoms with E-state index < -0.39 is 0 Å². The first-order valence-corrected chi connectivity index (χ1v) is 6.14. The van der Waals surface area contributed by atoms with Gasteiger partial charge in [0.25, 0.3) is 0 Å². The van der Waals surface area contributed by atoms with Crippen LogP contribution in [0.15, 0.2) is 31.1 Å². The highest BCUT2D eigenvalue weighted by molar-refractivity contribution is 5.96. The van der Waals surface area contributed by atoms with E-state index in [1.165, 1.54) is 6.20 Å². The maximum atomic E-state index is 11.7. The maximum absolute atomic E-state index is 11.7. The Morgan fingerprint density at radius 1 is 1.32 bits per heavy atom. The van der Waals surface area contributed by atoms with Crippen LogP contribution in [0.4, 0.5) is 0 Å². The molecule has 0 bridgehead atoms. The molecular weight excluding hydrogens is 244 g/mol. The highest BCUT2D eigenvalue weighted by Gasteiger charge is 2.14. The summed E-state index contributed by atoms with van der Waals surface area (Å²) in [5.41, 5.74) is 1.98. The number of hydrogen-bond acceptors (Lipinski definition) is 4. The predicted molar refractivity (Wildman–Crippen MR) is 71.8 cm³/mol. The van der Waals surface area contributed by atoms with Crippen molar-refractivity contribution >= 4 is 17.2 Å². The lowest BCUT2D eigenvalue weighted by molar-refractivity contribution is 0.0528. The molecular formula is C14H16N2O3. The minimum Gasteiger partial charge on any atom is -0.494 e. The van der Waals surface area contributed by atoms with Gasteiger partial charge in [0.05, 0.1) is 24.9 Å². The van der Waals surface area contributed by atoms with E-state index in [9.17, 15) is 4.79 Å². The van der Waals surface area contributed by atoms with E-state index in [1.807, 2.05) is 13.0 Å². The van der Waals surface area contributed by atoms with Gasteiger partial charge in [0.2, 0.25) is 0 Å². The molecule has 0 fully saturated rings. The van der Waals surface area contributed by atoms with Crippen molar-refractivity contribution in [1.29, 1.82) is 0 Å². The molecule has 5 nitrogen and oxygen atoms in total. The van der Waals surface area contributed by atoms with Gasteiger partial charge < -0.3 is 9.47 Å². The molecule has 0 saturated heterocycles. The second-order valence-corrected chi connectivity index (χ2v) is 3.88. The number of esters is 1. The third kappa shape index (κ3) is 2.59. The average Bonchev–Trinajstić information content (AvgIpc) is 2.82. The highest BCUT2D eigenvalue weighted by atomic mass is 16.5. The molecule has 0 aliphatic carbocycles. The van der Waals surface area contributed by atoms with Gasteiger partial charge in [0.1, 0.15) is 11.3 Å². The minimum absolute atomic E-state index is 0.343. The van der Waals surface area contributed by atoms with Crippen LogP contribution in [0.5, 0.6) is 0 Å². The maximum Gasteiger partial charge on any atom is 0.341 e. The van der Waals surface area contributed by atoms with Gasteiger partial charge in [-0.3, -0.25) is 0 Å². The highest BCUT2D eigenvalue weighted by Crippen LogP contribution is 2.18. The number of carbonyl (C=O) groups excluding carboxylic acids is 1. The smallest absolute Gasteiger partial charge is 0.341 e. The van der Waals surface area contributed by atoms with Gasteiger partial charge in [-0.15, -0.1) is 0 Å². The van der Waals surface area contributed by atoms with E-state index in [2.05, 4.69) is 11.7 Å². The lowest BCUT2D eigenvalue weighted by Crippen LogP contribution is -2.04. The summed E-state index contributed by atoms with van der Waals surface area (Å²) >= 11 is 0. The fourth-order valence-electron chi connectivity index (χ4n) is 1.77. The number of fused-ring (bicyclic) bond motifs is 1. The quantitative estimate of drug-likeness (QED) is 0.612. The van der Waals surface area contributed by atoms with Gasteiger partial charge in [-0.05, 0) is 26.0 Å². The average molecular weight is 260 g/mol. The Kier molecular flexibility index (Phi) is 3.85. The number of pyridine rings is 1. The first-order valence-electron chi connectivity index (χ1n) is 6.14. The van der Waals surface area contributed by atoms with Crippen molar-refractivity contribution in [2.24, 2.45) is 0 Å². The third-order valence-corrected chi connectivity index (χ3v) is 2.65. The van der Waals surface area contributed by atoms with Crippen LogP contribution in [0.2, 0.25) is 0 Å². The van der Waals surface area contributed by atoms with Gasteiger partial charge in [-0.1, -0.05) is 6.58 Å². The van der Waals surface area contributed by atoms with Crippen molar-refractivity contribution in [2.75, 3.05) is 13.2 Å². The molecule has 2 aromatic rings. The molecule has 0 aliphatic rings. The molecule has 0 unspecified atom stereocenters. The fraction of sp³-hybridized carbons (Fsp3) is 0.286. The zero-order valence-electron chi connectivity index (χ0n) is 11.0. The standard InChI is InChI=1S/C14H16N2O3/c1-4-18-10(3)11-6-7-13-12(14(17)19-5-2)8-15-16(13)9-11/h6-9H,3-5H2,1-2H3. The van der Waals surface area contributed by atoms with Gasteiger partial charge in [-0.25, -0.2) is 9.31 Å². The van der Waals surface area contributed by atoms with Gasteiger partial charge in [0, 0.05) is 11.8 Å². The lowest BCUT2D eigenvalue weighted by atomic mass is 10.2. The Morgan fingerprint density at radius 3 is 2.74 bits per heavy atom. The van der Waals surface area contributed by atoms with Crippen LogP contribution in [-0.2, 0) is 9.47 Å². The van der Waals surface area contributed by atoms with Crippen molar-refractivity contribution in [3.63, 3.8) is 0 Å². The van der Waals surface area contributed by atoms with Crippen molar-refractivity contribution < 1.29 is 14.3 Å². The summed E-state index contributed by atoms with van der Waals surface area (Å²) in [5.74, 6) is 0.214. The summed E-state index contributed by atoms with van der Waals surface area (Å²) in [4.78, 5) is 11.7. The summed E-state index contributed by atoms with van der Waals surface area (Å²) < 4.78 is 11.9. The normalized spacial score (nSPS) is 10.4. The number of nitrogens with zero attached hydrogens (tertiary/aromatic N) is 2. The van der Waals surface area contributed by atoms with Gasteiger partial charge >= 0.3 is 5.97 Å². The predicted octanol–water partition coefficient (Wildman–Crippen LogP) is 2.52. The Hall–Kier alpha value is -2.30. The van der Waals surface area contributed by atoms with E-state index >= 15 is 0 Å². The van der Waals surface area contributed by atoms with E-state index in [0.29, 0.717) is 30.1 Å². The number of ether oxygens (including phenoxy) is 2. The molecule has 2 aromatic heterocycles. The molecule has 19 heavy (non-hydrogen) atoms. The van der Waals surface area contributed by atoms with Crippen molar-refractivity contribution in [1.82, 2.24) is 9.61 Å². The SMILES string of the molecule is C=C(OCC)c1ccc2c(C(=O)OCC)cnn2c1. The summed E-state index contributed by atoms with van der Waals surface area (Å²) in [7, 11) is 0. The molecule has 5 heteroatoms. The fourth-order valence-corrected chi connectivity index (χ4v) is 1.77. The van der Waals surface area contributed by atoms with Crippen LogP contribution in [0.25, 0.3) is 11.3 Å². The van der Waals surface area contributed by atoms with Gasteiger partial charge in [0.15, 0.2) is 0 Å². The zero-order chi connectivity index (χ0) is 13.8. The summed E-state index contributed by atoms with van der Waals surface area (Å²) in [6, 6.07) is 3.65. The number of rotatable bonds is 5. The summed E-state index contributed by atoms with van der Waals surface area (Å²) in [6.45, 7) is 8.41. The minimum atomic E-state index is -0.367. The molecule has 0 aromatic carbocycles.